The molecule has 1 aliphatic heterocycles. The smallest absolute Gasteiger partial charge is 0.407 e. The van der Waals surface area contributed by atoms with E-state index in [1.54, 1.807) is 0 Å². The van der Waals surface area contributed by atoms with Gasteiger partial charge < -0.3 is 19.7 Å². The molecule has 0 bridgehead atoms. The van der Waals surface area contributed by atoms with E-state index in [-0.39, 0.29) is 0 Å². The normalized spacial score (nSPS) is 15.1. The van der Waals surface area contributed by atoms with Crippen molar-refractivity contribution in [2.75, 3.05) is 31.1 Å². The van der Waals surface area contributed by atoms with Crippen molar-refractivity contribution in [1.82, 2.24) is 4.90 Å². The lowest BCUT2D eigenvalue weighted by molar-refractivity contribution is -0.107. The number of aryl methyl sites for hydroxylation is 1. The zero-order valence-corrected chi connectivity index (χ0v) is 12.8. The van der Waals surface area contributed by atoms with Gasteiger partial charge in [0.15, 0.2) is 0 Å². The molecule has 1 aromatic carbocycles. The summed E-state index contributed by atoms with van der Waals surface area (Å²) in [5.74, 6) is 0. The minimum absolute atomic E-state index is 0.480. The minimum atomic E-state index is -0.871. The van der Waals surface area contributed by atoms with Gasteiger partial charge in [-0.25, -0.2) is 4.79 Å². The Labute approximate surface area is 129 Å². The monoisotopic (exact) mass is 310 g/mol. The Bertz CT molecular complexity index is 540. The van der Waals surface area contributed by atoms with Crippen LogP contribution in [0.2, 0.25) is 5.02 Å². The first-order chi connectivity index (χ1) is 10.0. The van der Waals surface area contributed by atoms with Crippen LogP contribution in [0.3, 0.4) is 0 Å². The first-order valence-electron chi connectivity index (χ1n) is 6.98. The van der Waals surface area contributed by atoms with Crippen molar-refractivity contribution in [3.05, 3.63) is 28.3 Å². The number of aldehydes is 1. The van der Waals surface area contributed by atoms with Crippen LogP contribution < -0.4 is 4.90 Å². The second kappa shape index (κ2) is 6.80. The highest BCUT2D eigenvalue weighted by Crippen LogP contribution is 2.29. The molecule has 1 fully saturated rings. The van der Waals surface area contributed by atoms with Crippen LogP contribution in [-0.2, 0) is 11.2 Å². The third-order valence-corrected chi connectivity index (χ3v) is 4.09. The molecule has 0 unspecified atom stereocenters. The van der Waals surface area contributed by atoms with Crippen LogP contribution in [-0.4, -0.2) is 48.6 Å². The highest BCUT2D eigenvalue weighted by atomic mass is 35.5. The van der Waals surface area contributed by atoms with Gasteiger partial charge in [-0.05, 0) is 36.6 Å². The molecule has 0 aliphatic carbocycles. The van der Waals surface area contributed by atoms with Gasteiger partial charge >= 0.3 is 6.09 Å². The maximum absolute atomic E-state index is 10.9. The average molecular weight is 311 g/mol. The molecule has 5 nitrogen and oxygen atoms in total. The summed E-state index contributed by atoms with van der Waals surface area (Å²) in [5, 5.41) is 9.64. The van der Waals surface area contributed by atoms with Crippen molar-refractivity contribution in [2.24, 2.45) is 0 Å². The molecule has 21 heavy (non-hydrogen) atoms. The number of hydrogen-bond acceptors (Lipinski definition) is 3. The minimum Gasteiger partial charge on any atom is -0.465 e. The van der Waals surface area contributed by atoms with Gasteiger partial charge in [0.2, 0.25) is 0 Å². The Kier molecular flexibility index (Phi) is 5.07. The van der Waals surface area contributed by atoms with Gasteiger partial charge in [0.05, 0.1) is 0 Å². The summed E-state index contributed by atoms with van der Waals surface area (Å²) >= 11 is 6.18. The Morgan fingerprint density at radius 2 is 2.00 bits per heavy atom. The summed E-state index contributed by atoms with van der Waals surface area (Å²) in [6.07, 6.45) is 1.20. The Morgan fingerprint density at radius 3 is 2.57 bits per heavy atom. The summed E-state index contributed by atoms with van der Waals surface area (Å²) in [4.78, 5) is 25.1. The molecular formula is C15H19ClN2O3. The SMILES string of the molecule is Cc1c(CCC=O)cc(Cl)cc1N1CCN(C(=O)O)CC1. The summed E-state index contributed by atoms with van der Waals surface area (Å²) in [7, 11) is 0. The second-order valence-corrected chi connectivity index (χ2v) is 5.61. The fourth-order valence-electron chi connectivity index (χ4n) is 2.66. The zero-order chi connectivity index (χ0) is 15.4. The van der Waals surface area contributed by atoms with E-state index < -0.39 is 6.09 Å². The van der Waals surface area contributed by atoms with Gasteiger partial charge in [-0.3, -0.25) is 0 Å². The number of benzene rings is 1. The fourth-order valence-corrected chi connectivity index (χ4v) is 2.90. The number of piperazine rings is 1. The molecule has 1 aliphatic rings. The van der Waals surface area contributed by atoms with Crippen LogP contribution in [0, 0.1) is 6.92 Å². The first kappa shape index (κ1) is 15.6. The van der Waals surface area contributed by atoms with E-state index >= 15 is 0 Å². The fraction of sp³-hybridized carbons (Fsp3) is 0.467. The summed E-state index contributed by atoms with van der Waals surface area (Å²) in [6, 6.07) is 3.81. The van der Waals surface area contributed by atoms with Crippen molar-refractivity contribution in [3.8, 4) is 0 Å². The molecule has 0 atom stereocenters. The van der Waals surface area contributed by atoms with E-state index in [0.29, 0.717) is 44.0 Å². The predicted octanol–water partition coefficient (Wildman–Crippen LogP) is 2.58. The molecule has 114 valence electrons. The van der Waals surface area contributed by atoms with Crippen LogP contribution >= 0.6 is 11.6 Å². The molecule has 0 saturated carbocycles. The first-order valence-corrected chi connectivity index (χ1v) is 7.36. The number of anilines is 1. The Morgan fingerprint density at radius 1 is 1.33 bits per heavy atom. The van der Waals surface area contributed by atoms with Crippen molar-refractivity contribution in [3.63, 3.8) is 0 Å². The van der Waals surface area contributed by atoms with E-state index in [1.165, 1.54) is 4.90 Å². The highest BCUT2D eigenvalue weighted by Gasteiger charge is 2.22. The lowest BCUT2D eigenvalue weighted by Crippen LogP contribution is -2.48. The molecule has 1 heterocycles. The summed E-state index contributed by atoms with van der Waals surface area (Å²) in [5.41, 5.74) is 3.23. The molecule has 2 rings (SSSR count). The topological polar surface area (TPSA) is 60.9 Å². The zero-order valence-electron chi connectivity index (χ0n) is 12.0. The number of hydrogen-bond donors (Lipinski definition) is 1. The molecule has 1 aromatic rings. The largest absolute Gasteiger partial charge is 0.465 e. The number of amides is 1. The van der Waals surface area contributed by atoms with Crippen molar-refractivity contribution in [1.29, 1.82) is 0 Å². The lowest BCUT2D eigenvalue weighted by atomic mass is 10.0. The van der Waals surface area contributed by atoms with Crippen LogP contribution in [0.25, 0.3) is 0 Å². The number of carboxylic acid groups (broad SMARTS) is 1. The summed E-state index contributed by atoms with van der Waals surface area (Å²) < 4.78 is 0. The van der Waals surface area contributed by atoms with E-state index in [9.17, 15) is 9.59 Å². The van der Waals surface area contributed by atoms with E-state index in [4.69, 9.17) is 16.7 Å². The van der Waals surface area contributed by atoms with Gasteiger partial charge in [-0.2, -0.15) is 0 Å². The Balaban J connectivity index is 2.18. The Hall–Kier alpha value is -1.75. The molecule has 1 saturated heterocycles. The summed E-state index contributed by atoms with van der Waals surface area (Å²) in [6.45, 7) is 4.31. The standard InChI is InChI=1S/C15H19ClN2O3/c1-11-12(3-2-8-19)9-13(16)10-14(11)17-4-6-18(7-5-17)15(20)21/h8-10H,2-7H2,1H3,(H,20,21). The third kappa shape index (κ3) is 3.67. The van der Waals surface area contributed by atoms with Gasteiger partial charge in [-0.15, -0.1) is 0 Å². The highest BCUT2D eigenvalue weighted by molar-refractivity contribution is 6.31. The maximum atomic E-state index is 10.9. The number of nitrogens with zero attached hydrogens (tertiary/aromatic N) is 2. The van der Waals surface area contributed by atoms with E-state index in [1.807, 2.05) is 19.1 Å². The van der Waals surface area contributed by atoms with Crippen molar-refractivity contribution < 1.29 is 14.7 Å². The van der Waals surface area contributed by atoms with Gasteiger partial charge in [0.25, 0.3) is 0 Å². The van der Waals surface area contributed by atoms with Crippen LogP contribution in [0.4, 0.5) is 10.5 Å². The average Bonchev–Trinajstić information content (AvgIpc) is 2.48. The van der Waals surface area contributed by atoms with E-state index in [0.717, 1.165) is 23.1 Å². The van der Waals surface area contributed by atoms with Gasteiger partial charge in [0.1, 0.15) is 6.29 Å². The molecule has 0 spiro atoms. The number of rotatable bonds is 4. The van der Waals surface area contributed by atoms with Gasteiger partial charge in [0, 0.05) is 43.3 Å². The van der Waals surface area contributed by atoms with E-state index in [2.05, 4.69) is 4.90 Å². The number of carbonyl (C=O) groups is 2. The number of carbonyl (C=O) groups excluding carboxylic acids is 1. The van der Waals surface area contributed by atoms with Crippen molar-refractivity contribution in [2.45, 2.75) is 19.8 Å². The third-order valence-electron chi connectivity index (χ3n) is 3.88. The quantitative estimate of drug-likeness (QED) is 0.868. The lowest BCUT2D eigenvalue weighted by Gasteiger charge is -2.36. The molecular weight excluding hydrogens is 292 g/mol. The molecule has 0 aromatic heterocycles. The molecule has 1 N–H and O–H groups in total. The maximum Gasteiger partial charge on any atom is 0.407 e. The molecule has 6 heteroatoms. The van der Waals surface area contributed by atoms with Crippen LogP contribution in [0.15, 0.2) is 12.1 Å². The van der Waals surface area contributed by atoms with Gasteiger partial charge in [-0.1, -0.05) is 11.6 Å². The van der Waals surface area contributed by atoms with Crippen LogP contribution in [0.5, 0.6) is 0 Å². The molecule has 0 radical (unpaired) electrons. The molecule has 1 amide bonds. The second-order valence-electron chi connectivity index (χ2n) is 5.17. The van der Waals surface area contributed by atoms with Crippen LogP contribution in [0.1, 0.15) is 17.5 Å². The van der Waals surface area contributed by atoms with Crippen molar-refractivity contribution >= 4 is 29.7 Å². The predicted molar refractivity (Wildman–Crippen MR) is 82.4 cm³/mol. The number of halogens is 1.